The molecular weight excluding hydrogens is 202 g/mol. The normalized spacial score (nSPS) is 17.9. The van der Waals surface area contributed by atoms with Crippen LogP contribution in [0.3, 0.4) is 0 Å². The van der Waals surface area contributed by atoms with E-state index in [9.17, 15) is 0 Å². The molecule has 1 aromatic rings. The molecule has 1 aliphatic heterocycles. The van der Waals surface area contributed by atoms with Crippen LogP contribution in [0.1, 0.15) is 37.1 Å². The van der Waals surface area contributed by atoms with Crippen LogP contribution < -0.4 is 5.73 Å². The van der Waals surface area contributed by atoms with E-state index >= 15 is 0 Å². The highest BCUT2D eigenvalue weighted by atomic mass is 16.5. The number of nitrogens with two attached hydrogens (primary N) is 1. The number of hydrogen-bond acceptors (Lipinski definition) is 3. The zero-order valence-corrected chi connectivity index (χ0v) is 9.98. The van der Waals surface area contributed by atoms with E-state index in [1.165, 1.54) is 5.69 Å². The lowest BCUT2D eigenvalue weighted by atomic mass is 9.96. The molecule has 0 unspecified atom stereocenters. The molecule has 0 radical (unpaired) electrons. The van der Waals surface area contributed by atoms with Crippen molar-refractivity contribution in [2.45, 2.75) is 38.6 Å². The van der Waals surface area contributed by atoms with E-state index in [1.54, 1.807) is 0 Å². The molecule has 0 aromatic carbocycles. The van der Waals surface area contributed by atoms with Crippen LogP contribution in [0.4, 0.5) is 0 Å². The maximum absolute atomic E-state index is 5.57. The van der Waals surface area contributed by atoms with Crippen molar-refractivity contribution in [1.82, 2.24) is 9.78 Å². The summed E-state index contributed by atoms with van der Waals surface area (Å²) in [5.41, 5.74) is 8.07. The first-order valence-electron chi connectivity index (χ1n) is 6.19. The van der Waals surface area contributed by atoms with Crippen LogP contribution in [0.5, 0.6) is 0 Å². The first-order chi connectivity index (χ1) is 7.85. The predicted octanol–water partition coefficient (Wildman–Crippen LogP) is 1.30. The quantitative estimate of drug-likeness (QED) is 0.837. The second-order valence-corrected chi connectivity index (χ2v) is 4.30. The number of ether oxygens (including phenoxy) is 1. The van der Waals surface area contributed by atoms with Crippen LogP contribution in [0, 0.1) is 0 Å². The van der Waals surface area contributed by atoms with Gasteiger partial charge in [0.15, 0.2) is 0 Å². The van der Waals surface area contributed by atoms with Gasteiger partial charge in [-0.15, -0.1) is 0 Å². The number of nitrogens with zero attached hydrogens (tertiary/aromatic N) is 2. The summed E-state index contributed by atoms with van der Waals surface area (Å²) in [6, 6.07) is 2.23. The van der Waals surface area contributed by atoms with E-state index in [0.717, 1.165) is 44.7 Å². The molecule has 2 heterocycles. The van der Waals surface area contributed by atoms with Gasteiger partial charge in [-0.1, -0.05) is 0 Å². The summed E-state index contributed by atoms with van der Waals surface area (Å²) in [7, 11) is 0. The van der Waals surface area contributed by atoms with Gasteiger partial charge in [-0.2, -0.15) is 5.10 Å². The molecule has 16 heavy (non-hydrogen) atoms. The van der Waals surface area contributed by atoms with Crippen LogP contribution in [0.2, 0.25) is 0 Å². The fourth-order valence-corrected chi connectivity index (χ4v) is 2.33. The molecule has 4 nitrogen and oxygen atoms in total. The number of aryl methyl sites for hydroxylation is 1. The molecule has 0 amide bonds. The zero-order chi connectivity index (χ0) is 11.4. The molecule has 1 aromatic heterocycles. The van der Waals surface area contributed by atoms with Crippen molar-refractivity contribution in [2.24, 2.45) is 5.73 Å². The molecule has 4 heteroatoms. The average Bonchev–Trinajstić information content (AvgIpc) is 2.74. The van der Waals surface area contributed by atoms with Gasteiger partial charge in [0.2, 0.25) is 0 Å². The van der Waals surface area contributed by atoms with Gasteiger partial charge in [-0.05, 0) is 32.4 Å². The molecule has 0 spiro atoms. The van der Waals surface area contributed by atoms with Crippen LogP contribution >= 0.6 is 0 Å². The lowest BCUT2D eigenvalue weighted by Crippen LogP contribution is -2.17. The molecule has 0 bridgehead atoms. The number of aromatic nitrogens is 2. The Morgan fingerprint density at radius 1 is 1.50 bits per heavy atom. The molecule has 2 N–H and O–H groups in total. The summed E-state index contributed by atoms with van der Waals surface area (Å²) in [4.78, 5) is 0. The highest BCUT2D eigenvalue weighted by Gasteiger charge is 2.20. The third kappa shape index (κ3) is 2.44. The summed E-state index contributed by atoms with van der Waals surface area (Å²) in [6.07, 6.45) is 3.12. The first kappa shape index (κ1) is 11.6. The Morgan fingerprint density at radius 2 is 2.25 bits per heavy atom. The summed E-state index contributed by atoms with van der Waals surface area (Å²) < 4.78 is 7.53. The minimum atomic E-state index is 0.618. The van der Waals surface area contributed by atoms with Crippen molar-refractivity contribution >= 4 is 0 Å². The summed E-state index contributed by atoms with van der Waals surface area (Å²) >= 11 is 0. The van der Waals surface area contributed by atoms with Crippen molar-refractivity contribution in [3.63, 3.8) is 0 Å². The van der Waals surface area contributed by atoms with Gasteiger partial charge < -0.3 is 10.5 Å². The Hall–Kier alpha value is -0.870. The monoisotopic (exact) mass is 223 g/mol. The highest BCUT2D eigenvalue weighted by molar-refractivity contribution is 5.16. The van der Waals surface area contributed by atoms with E-state index in [0.29, 0.717) is 12.5 Å². The highest BCUT2D eigenvalue weighted by Crippen LogP contribution is 2.27. The smallest absolute Gasteiger partial charge is 0.0640 e. The molecule has 1 fully saturated rings. The summed E-state index contributed by atoms with van der Waals surface area (Å²) in [5, 5.41) is 4.59. The Labute approximate surface area is 96.8 Å². The minimum Gasteiger partial charge on any atom is -0.381 e. The van der Waals surface area contributed by atoms with Gasteiger partial charge in [-0.3, -0.25) is 4.68 Å². The Bertz CT molecular complexity index is 329. The lowest BCUT2D eigenvalue weighted by molar-refractivity contribution is 0.0835. The van der Waals surface area contributed by atoms with Crippen LogP contribution in [0.15, 0.2) is 6.07 Å². The standard InChI is InChI=1S/C12H21N3O/c1-2-15-12(9-11(14-15)3-6-13)10-4-7-16-8-5-10/h9-10H,2-8,13H2,1H3. The van der Waals surface area contributed by atoms with E-state index in [-0.39, 0.29) is 0 Å². The van der Waals surface area contributed by atoms with Crippen molar-refractivity contribution in [2.75, 3.05) is 19.8 Å². The number of hydrogen-bond donors (Lipinski definition) is 1. The average molecular weight is 223 g/mol. The van der Waals surface area contributed by atoms with Crippen LogP contribution in [0.25, 0.3) is 0 Å². The Kier molecular flexibility index (Phi) is 3.96. The largest absolute Gasteiger partial charge is 0.381 e. The Morgan fingerprint density at radius 3 is 2.88 bits per heavy atom. The third-order valence-corrected chi connectivity index (χ3v) is 3.20. The Balaban J connectivity index is 2.16. The number of rotatable bonds is 4. The second kappa shape index (κ2) is 5.46. The second-order valence-electron chi connectivity index (χ2n) is 4.30. The summed E-state index contributed by atoms with van der Waals surface area (Å²) in [6.45, 7) is 5.52. The van der Waals surface area contributed by atoms with Gasteiger partial charge in [-0.25, -0.2) is 0 Å². The van der Waals surface area contributed by atoms with Crippen molar-refractivity contribution in [1.29, 1.82) is 0 Å². The van der Waals surface area contributed by atoms with Gasteiger partial charge in [0.1, 0.15) is 0 Å². The fourth-order valence-electron chi connectivity index (χ4n) is 2.33. The van der Waals surface area contributed by atoms with Gasteiger partial charge in [0.05, 0.1) is 5.69 Å². The van der Waals surface area contributed by atoms with Crippen LogP contribution in [-0.4, -0.2) is 29.5 Å². The molecule has 1 saturated heterocycles. The maximum atomic E-state index is 5.57. The first-order valence-corrected chi connectivity index (χ1v) is 6.19. The van der Waals surface area contributed by atoms with Crippen molar-refractivity contribution in [3.05, 3.63) is 17.5 Å². The van der Waals surface area contributed by atoms with E-state index in [1.807, 2.05) is 0 Å². The molecule has 1 aliphatic rings. The van der Waals surface area contributed by atoms with Gasteiger partial charge in [0, 0.05) is 37.8 Å². The van der Waals surface area contributed by atoms with Gasteiger partial charge >= 0.3 is 0 Å². The van der Waals surface area contributed by atoms with E-state index in [4.69, 9.17) is 10.5 Å². The predicted molar refractivity (Wildman–Crippen MR) is 63.5 cm³/mol. The molecule has 2 rings (SSSR count). The zero-order valence-electron chi connectivity index (χ0n) is 9.98. The summed E-state index contributed by atoms with van der Waals surface area (Å²) in [5.74, 6) is 0.618. The third-order valence-electron chi connectivity index (χ3n) is 3.20. The molecule has 90 valence electrons. The van der Waals surface area contributed by atoms with Crippen molar-refractivity contribution < 1.29 is 4.74 Å². The minimum absolute atomic E-state index is 0.618. The molecule has 0 atom stereocenters. The fraction of sp³-hybridized carbons (Fsp3) is 0.750. The van der Waals surface area contributed by atoms with Crippen molar-refractivity contribution in [3.8, 4) is 0 Å². The lowest BCUT2D eigenvalue weighted by Gasteiger charge is -2.22. The van der Waals surface area contributed by atoms with E-state index in [2.05, 4.69) is 22.8 Å². The van der Waals surface area contributed by atoms with E-state index < -0.39 is 0 Å². The van der Waals surface area contributed by atoms with Crippen LogP contribution in [-0.2, 0) is 17.7 Å². The molecule has 0 aliphatic carbocycles. The maximum Gasteiger partial charge on any atom is 0.0640 e. The van der Waals surface area contributed by atoms with Gasteiger partial charge in [0.25, 0.3) is 0 Å². The topological polar surface area (TPSA) is 53.1 Å². The SMILES string of the molecule is CCn1nc(CCN)cc1C1CCOCC1. The molecular formula is C12H21N3O. The molecule has 0 saturated carbocycles.